The highest BCUT2D eigenvalue weighted by Gasteiger charge is 2.33. The van der Waals surface area contributed by atoms with E-state index in [-0.39, 0.29) is 17.3 Å². The lowest BCUT2D eigenvalue weighted by molar-refractivity contribution is -0.137. The Morgan fingerprint density at radius 2 is 2.00 bits per heavy atom. The molecule has 7 nitrogen and oxygen atoms in total. The van der Waals surface area contributed by atoms with Gasteiger partial charge in [-0.3, -0.25) is 9.59 Å². The predicted molar refractivity (Wildman–Crippen MR) is 112 cm³/mol. The first-order valence-electron chi connectivity index (χ1n) is 8.94. The number of nitrogens with zero attached hydrogens (tertiary/aromatic N) is 2. The largest absolute Gasteiger partial charge is 0.497 e. The maximum absolute atomic E-state index is 12.8. The second kappa shape index (κ2) is 9.65. The van der Waals surface area contributed by atoms with E-state index in [0.717, 1.165) is 29.5 Å². The van der Waals surface area contributed by atoms with Crippen molar-refractivity contribution in [2.75, 3.05) is 12.4 Å². The fourth-order valence-corrected chi connectivity index (χ4v) is 3.50. The number of methoxy groups -OCH3 is 1. The highest BCUT2D eigenvalue weighted by molar-refractivity contribution is 8.15. The molecule has 0 aromatic heterocycles. The van der Waals surface area contributed by atoms with Crippen LogP contribution in [-0.4, -0.2) is 35.6 Å². The van der Waals surface area contributed by atoms with Crippen molar-refractivity contribution in [1.82, 2.24) is 5.32 Å². The zero-order valence-electron chi connectivity index (χ0n) is 16.1. The van der Waals surface area contributed by atoms with Gasteiger partial charge in [0.25, 0.3) is 0 Å². The van der Waals surface area contributed by atoms with Crippen LogP contribution >= 0.6 is 11.8 Å². The van der Waals surface area contributed by atoms with E-state index in [1.54, 1.807) is 31.4 Å². The van der Waals surface area contributed by atoms with E-state index >= 15 is 0 Å². The summed E-state index contributed by atoms with van der Waals surface area (Å²) in [6.45, 7) is 0. The molecule has 0 saturated carbocycles. The number of hydrogen-bond donors (Lipinski definition) is 2. The van der Waals surface area contributed by atoms with E-state index in [4.69, 9.17) is 4.74 Å². The summed E-state index contributed by atoms with van der Waals surface area (Å²) in [5, 5.41) is 12.2. The molecule has 1 heterocycles. The number of ether oxygens (including phenoxy) is 1. The molecule has 11 heteroatoms. The van der Waals surface area contributed by atoms with Crippen LogP contribution in [0.2, 0.25) is 0 Å². The van der Waals surface area contributed by atoms with Crippen molar-refractivity contribution in [1.29, 1.82) is 0 Å². The predicted octanol–water partition coefficient (Wildman–Crippen LogP) is 3.66. The molecule has 1 aliphatic heterocycles. The van der Waals surface area contributed by atoms with E-state index in [1.807, 2.05) is 0 Å². The highest BCUT2D eigenvalue weighted by atomic mass is 32.2. The van der Waals surface area contributed by atoms with Crippen LogP contribution in [0.5, 0.6) is 5.75 Å². The molecule has 2 N–H and O–H groups in total. The molecule has 0 aliphatic carbocycles. The number of carbonyl (C=O) groups is 2. The van der Waals surface area contributed by atoms with Gasteiger partial charge >= 0.3 is 6.18 Å². The zero-order valence-corrected chi connectivity index (χ0v) is 17.0. The molecule has 0 radical (unpaired) electrons. The summed E-state index contributed by atoms with van der Waals surface area (Å²) in [6, 6.07) is 11.4. The number of rotatable bonds is 6. The number of hydrogen-bond acceptors (Lipinski definition) is 6. The van der Waals surface area contributed by atoms with Crippen molar-refractivity contribution in [3.05, 3.63) is 59.7 Å². The number of carbonyl (C=O) groups excluding carboxylic acids is 2. The van der Waals surface area contributed by atoms with Crippen molar-refractivity contribution < 1.29 is 27.5 Å². The number of alkyl halides is 3. The smallest absolute Gasteiger partial charge is 0.416 e. The van der Waals surface area contributed by atoms with Crippen LogP contribution in [0.15, 0.2) is 58.7 Å². The molecule has 2 aromatic rings. The summed E-state index contributed by atoms with van der Waals surface area (Å²) >= 11 is 1.02. The molecule has 1 atom stereocenters. The Labute approximate surface area is 179 Å². The van der Waals surface area contributed by atoms with E-state index in [1.165, 1.54) is 18.3 Å². The third kappa shape index (κ3) is 6.32. The number of thioether (sulfide) groups is 1. The van der Waals surface area contributed by atoms with Gasteiger partial charge in [-0.25, -0.2) is 0 Å². The van der Waals surface area contributed by atoms with Crippen molar-refractivity contribution >= 4 is 40.6 Å². The first-order chi connectivity index (χ1) is 14.7. The Morgan fingerprint density at radius 3 is 2.68 bits per heavy atom. The fourth-order valence-electron chi connectivity index (χ4n) is 2.58. The van der Waals surface area contributed by atoms with Crippen LogP contribution in [0.25, 0.3) is 0 Å². The molecular formula is C20H17F3N4O3S. The monoisotopic (exact) mass is 450 g/mol. The summed E-state index contributed by atoms with van der Waals surface area (Å²) in [5.41, 5.74) is -0.0971. The summed E-state index contributed by atoms with van der Waals surface area (Å²) in [4.78, 5) is 24.2. The Hall–Kier alpha value is -3.34. The molecular weight excluding hydrogens is 433 g/mol. The lowest BCUT2D eigenvalue weighted by atomic mass is 10.2. The SMILES string of the molecule is COc1ccc(C=NN=C2NC(=O)C(CC(=O)Nc3cccc(C(F)(F)F)c3)S2)cc1. The third-order valence-corrected chi connectivity index (χ3v) is 5.16. The minimum atomic E-state index is -4.51. The van der Waals surface area contributed by atoms with Gasteiger partial charge in [-0.15, -0.1) is 5.10 Å². The lowest BCUT2D eigenvalue weighted by Gasteiger charge is -2.10. The number of amidine groups is 1. The molecule has 3 rings (SSSR count). The maximum Gasteiger partial charge on any atom is 0.416 e. The minimum Gasteiger partial charge on any atom is -0.497 e. The quantitative estimate of drug-likeness (QED) is 0.519. The normalized spacial score (nSPS) is 17.7. The first-order valence-corrected chi connectivity index (χ1v) is 9.82. The first kappa shape index (κ1) is 22.3. The number of amides is 2. The van der Waals surface area contributed by atoms with Crippen LogP contribution in [0, 0.1) is 0 Å². The van der Waals surface area contributed by atoms with Gasteiger partial charge < -0.3 is 15.4 Å². The van der Waals surface area contributed by atoms with Gasteiger partial charge in [-0.2, -0.15) is 18.3 Å². The van der Waals surface area contributed by atoms with Crippen LogP contribution in [0.3, 0.4) is 0 Å². The fraction of sp³-hybridized carbons (Fsp3) is 0.200. The third-order valence-electron chi connectivity index (χ3n) is 4.09. The van der Waals surface area contributed by atoms with Gasteiger partial charge in [0.1, 0.15) is 11.0 Å². The highest BCUT2D eigenvalue weighted by Crippen LogP contribution is 2.31. The molecule has 1 aliphatic rings. The Kier molecular flexibility index (Phi) is 6.95. The Bertz CT molecular complexity index is 1020. The van der Waals surface area contributed by atoms with Gasteiger partial charge in [0, 0.05) is 12.1 Å². The molecule has 2 amide bonds. The number of halogens is 3. The molecule has 0 spiro atoms. The van der Waals surface area contributed by atoms with Crippen molar-refractivity contribution in [3.8, 4) is 5.75 Å². The summed E-state index contributed by atoms with van der Waals surface area (Å²) < 4.78 is 43.4. The van der Waals surface area contributed by atoms with Crippen molar-refractivity contribution in [2.45, 2.75) is 17.8 Å². The van der Waals surface area contributed by atoms with Gasteiger partial charge in [-0.1, -0.05) is 17.8 Å². The average Bonchev–Trinajstić information content (AvgIpc) is 3.07. The second-order valence-electron chi connectivity index (χ2n) is 6.35. The molecule has 2 aromatic carbocycles. The van der Waals surface area contributed by atoms with Crippen LogP contribution in [0.4, 0.5) is 18.9 Å². The molecule has 1 saturated heterocycles. The van der Waals surface area contributed by atoms with Gasteiger partial charge in [0.05, 0.1) is 18.9 Å². The van der Waals surface area contributed by atoms with Gasteiger partial charge in [-0.05, 0) is 48.0 Å². The van der Waals surface area contributed by atoms with Gasteiger partial charge in [0.2, 0.25) is 11.8 Å². The maximum atomic E-state index is 12.8. The van der Waals surface area contributed by atoms with Gasteiger partial charge in [0.15, 0.2) is 5.17 Å². The molecule has 1 unspecified atom stereocenters. The van der Waals surface area contributed by atoms with Crippen molar-refractivity contribution in [3.63, 3.8) is 0 Å². The second-order valence-corrected chi connectivity index (χ2v) is 7.54. The van der Waals surface area contributed by atoms with E-state index in [9.17, 15) is 22.8 Å². The standard InChI is InChI=1S/C20H17F3N4O3S/c1-30-15-7-5-12(6-8-15)11-24-27-19-26-18(29)16(31-19)10-17(28)25-14-4-2-3-13(9-14)20(21,22)23/h2-9,11,16H,10H2,1H3,(H,25,28)(H,26,27,29). The van der Waals surface area contributed by atoms with Crippen LogP contribution < -0.4 is 15.4 Å². The lowest BCUT2D eigenvalue weighted by Crippen LogP contribution is -2.28. The number of nitrogens with one attached hydrogen (secondary N) is 2. The molecule has 0 bridgehead atoms. The Morgan fingerprint density at radius 1 is 1.26 bits per heavy atom. The van der Waals surface area contributed by atoms with E-state index in [0.29, 0.717) is 5.75 Å². The summed E-state index contributed by atoms with van der Waals surface area (Å²) in [6.07, 6.45) is -3.25. The van der Waals surface area contributed by atoms with E-state index in [2.05, 4.69) is 20.8 Å². The number of anilines is 1. The molecule has 31 heavy (non-hydrogen) atoms. The average molecular weight is 450 g/mol. The topological polar surface area (TPSA) is 92.2 Å². The van der Waals surface area contributed by atoms with Crippen molar-refractivity contribution in [2.24, 2.45) is 10.2 Å². The summed E-state index contributed by atoms with van der Waals surface area (Å²) in [5.74, 6) is -0.314. The number of benzene rings is 2. The Balaban J connectivity index is 1.55. The van der Waals surface area contributed by atoms with E-state index < -0.39 is 28.8 Å². The summed E-state index contributed by atoms with van der Waals surface area (Å²) in [7, 11) is 1.56. The molecule has 1 fully saturated rings. The van der Waals surface area contributed by atoms with Crippen LogP contribution in [0.1, 0.15) is 17.5 Å². The minimum absolute atomic E-state index is 0.00112. The molecule has 162 valence electrons. The zero-order chi connectivity index (χ0) is 22.4. The van der Waals surface area contributed by atoms with Crippen LogP contribution in [-0.2, 0) is 15.8 Å².